The van der Waals surface area contributed by atoms with Crippen molar-refractivity contribution in [2.45, 2.75) is 32.4 Å². The van der Waals surface area contributed by atoms with Gasteiger partial charge < -0.3 is 19.6 Å². The summed E-state index contributed by atoms with van der Waals surface area (Å²) in [6.07, 6.45) is 4.28. The van der Waals surface area contributed by atoms with Gasteiger partial charge in [0.15, 0.2) is 12.4 Å². The molecule has 3 rings (SSSR count). The number of aliphatic hydroxyl groups excluding tert-OH is 1. The van der Waals surface area contributed by atoms with Crippen LogP contribution >= 0.6 is 0 Å². The molecule has 31 heavy (non-hydrogen) atoms. The van der Waals surface area contributed by atoms with E-state index in [2.05, 4.69) is 4.98 Å². The zero-order chi connectivity index (χ0) is 22.5. The van der Waals surface area contributed by atoms with Crippen LogP contribution in [0.3, 0.4) is 0 Å². The summed E-state index contributed by atoms with van der Waals surface area (Å²) >= 11 is 0. The number of hydrogen-bond acceptors (Lipinski definition) is 4. The van der Waals surface area contributed by atoms with Crippen molar-refractivity contribution in [1.82, 2.24) is 4.90 Å². The Morgan fingerprint density at radius 2 is 1.77 bits per heavy atom. The lowest BCUT2D eigenvalue weighted by Crippen LogP contribution is -3.05. The summed E-state index contributed by atoms with van der Waals surface area (Å²) in [5.41, 5.74) is 1.36. The number of likely N-dealkylation sites (tertiary alicyclic amines) is 1. The zero-order valence-electron chi connectivity index (χ0n) is 18.5. The van der Waals surface area contributed by atoms with E-state index in [4.69, 9.17) is 4.74 Å². The Balaban J connectivity index is 2.01. The number of quaternary nitrogens is 1. The van der Waals surface area contributed by atoms with E-state index in [-0.39, 0.29) is 17.4 Å². The highest BCUT2D eigenvalue weighted by Crippen LogP contribution is 2.39. The van der Waals surface area contributed by atoms with E-state index in [0.29, 0.717) is 17.9 Å². The molecule has 1 aliphatic heterocycles. The molecule has 0 spiro atoms. The smallest absolute Gasteiger partial charge is 0.295 e. The van der Waals surface area contributed by atoms with Crippen molar-refractivity contribution in [3.63, 3.8) is 0 Å². The SMILES string of the molecule is CC(C)Oc1ccc(C(O)=C2C(=O)C(=O)N(CCC[NH+](C)C)C2c2cc[nH+]cc2)cc1. The molecule has 2 aromatic rings. The van der Waals surface area contributed by atoms with Crippen LogP contribution in [0.15, 0.2) is 54.4 Å². The topological polar surface area (TPSA) is 85.4 Å². The minimum Gasteiger partial charge on any atom is -0.507 e. The molecule has 7 heteroatoms. The van der Waals surface area contributed by atoms with E-state index in [1.54, 1.807) is 41.6 Å². The van der Waals surface area contributed by atoms with Crippen molar-refractivity contribution in [3.8, 4) is 5.75 Å². The first-order valence-electron chi connectivity index (χ1n) is 10.6. The molecule has 2 heterocycles. The second kappa shape index (κ2) is 9.75. The lowest BCUT2D eigenvalue weighted by Gasteiger charge is -2.25. The lowest BCUT2D eigenvalue weighted by molar-refractivity contribution is -0.858. The number of H-pyrrole nitrogens is 1. The molecule has 7 nitrogen and oxygen atoms in total. The van der Waals surface area contributed by atoms with Gasteiger partial charge in [-0.2, -0.15) is 0 Å². The number of ketones is 1. The monoisotopic (exact) mass is 425 g/mol. The number of nitrogens with one attached hydrogen (secondary N) is 2. The summed E-state index contributed by atoms with van der Waals surface area (Å²) in [6.45, 7) is 5.18. The van der Waals surface area contributed by atoms with Crippen molar-refractivity contribution in [2.75, 3.05) is 27.2 Å². The van der Waals surface area contributed by atoms with Gasteiger partial charge in [0.05, 0.1) is 38.4 Å². The van der Waals surface area contributed by atoms with Crippen LogP contribution in [-0.4, -0.2) is 55.0 Å². The highest BCUT2D eigenvalue weighted by molar-refractivity contribution is 6.46. The predicted molar refractivity (Wildman–Crippen MR) is 117 cm³/mol. The van der Waals surface area contributed by atoms with Gasteiger partial charge in [0, 0.05) is 30.7 Å². The van der Waals surface area contributed by atoms with Gasteiger partial charge >= 0.3 is 0 Å². The van der Waals surface area contributed by atoms with Gasteiger partial charge in [0.25, 0.3) is 11.7 Å². The van der Waals surface area contributed by atoms with E-state index in [9.17, 15) is 14.7 Å². The molecule has 1 aliphatic rings. The number of carbonyl (C=O) groups is 2. The number of nitrogens with zero attached hydrogens (tertiary/aromatic N) is 1. The van der Waals surface area contributed by atoms with Crippen molar-refractivity contribution >= 4 is 17.4 Å². The average Bonchev–Trinajstić information content (AvgIpc) is 2.99. The average molecular weight is 426 g/mol. The van der Waals surface area contributed by atoms with Gasteiger partial charge in [-0.1, -0.05) is 0 Å². The second-order valence-corrected chi connectivity index (χ2v) is 8.33. The van der Waals surface area contributed by atoms with E-state index in [1.165, 1.54) is 4.90 Å². The Bertz CT molecular complexity index is 953. The second-order valence-electron chi connectivity index (χ2n) is 8.33. The molecule has 164 valence electrons. The normalized spacial score (nSPS) is 18.3. The standard InChI is InChI=1S/C24H29N3O4/c1-16(2)31-19-8-6-18(7-9-19)22(28)20-21(17-10-12-25-13-11-17)27(24(30)23(20)29)15-5-14-26(3)4/h6-13,16,21,28H,5,14-15H2,1-4H3/p+2. The van der Waals surface area contributed by atoms with Crippen LogP contribution in [0, 0.1) is 0 Å². The molecule has 0 aliphatic carbocycles. The number of aromatic amines is 1. The molecule has 1 unspecified atom stereocenters. The summed E-state index contributed by atoms with van der Waals surface area (Å²) in [5, 5.41) is 11.1. The Morgan fingerprint density at radius 1 is 1.13 bits per heavy atom. The molecule has 1 amide bonds. The van der Waals surface area contributed by atoms with Gasteiger partial charge in [0.2, 0.25) is 0 Å². The predicted octanol–water partition coefficient (Wildman–Crippen LogP) is 1.24. The fourth-order valence-electron chi connectivity index (χ4n) is 3.76. The molecule has 1 aromatic heterocycles. The van der Waals surface area contributed by atoms with E-state index < -0.39 is 17.7 Å². The van der Waals surface area contributed by atoms with Gasteiger partial charge in [-0.15, -0.1) is 0 Å². The molecule has 0 bridgehead atoms. The summed E-state index contributed by atoms with van der Waals surface area (Å²) in [4.78, 5) is 31.7. The van der Waals surface area contributed by atoms with Crippen molar-refractivity contribution in [3.05, 3.63) is 65.5 Å². The maximum atomic E-state index is 13.0. The number of rotatable bonds is 8. The van der Waals surface area contributed by atoms with Crippen LogP contribution in [0.5, 0.6) is 5.75 Å². The van der Waals surface area contributed by atoms with Crippen LogP contribution in [0.4, 0.5) is 0 Å². The Morgan fingerprint density at radius 3 is 2.35 bits per heavy atom. The molecular formula is C24H31N3O4+2. The largest absolute Gasteiger partial charge is 0.507 e. The van der Waals surface area contributed by atoms with Crippen LogP contribution < -0.4 is 14.6 Å². The van der Waals surface area contributed by atoms with Crippen LogP contribution in [0.1, 0.15) is 37.4 Å². The third-order valence-electron chi connectivity index (χ3n) is 5.18. The van der Waals surface area contributed by atoms with E-state index >= 15 is 0 Å². The maximum absolute atomic E-state index is 13.0. The maximum Gasteiger partial charge on any atom is 0.295 e. The molecular weight excluding hydrogens is 394 g/mol. The van der Waals surface area contributed by atoms with Crippen LogP contribution in [-0.2, 0) is 9.59 Å². The summed E-state index contributed by atoms with van der Waals surface area (Å²) in [5.74, 6) is -0.732. The molecule has 0 saturated carbocycles. The summed E-state index contributed by atoms with van der Waals surface area (Å²) in [6, 6.07) is 9.92. The molecule has 1 aromatic carbocycles. The Labute approximate surface area is 183 Å². The highest BCUT2D eigenvalue weighted by Gasteiger charge is 2.46. The van der Waals surface area contributed by atoms with Crippen molar-refractivity contribution in [2.24, 2.45) is 0 Å². The summed E-state index contributed by atoms with van der Waals surface area (Å²) < 4.78 is 5.65. The van der Waals surface area contributed by atoms with Gasteiger partial charge in [-0.25, -0.2) is 4.98 Å². The first kappa shape index (κ1) is 22.5. The number of Topliss-reactive ketones (excluding diaryl/α,β-unsaturated/α-hetero) is 1. The van der Waals surface area contributed by atoms with E-state index in [0.717, 1.165) is 18.5 Å². The minimum atomic E-state index is -0.657. The number of amides is 1. The number of carbonyl (C=O) groups excluding carboxylic acids is 2. The number of aliphatic hydroxyl groups is 1. The fraction of sp³-hybridized carbons (Fsp3) is 0.375. The van der Waals surface area contributed by atoms with Crippen molar-refractivity contribution < 1.29 is 29.3 Å². The number of hydrogen-bond donors (Lipinski definition) is 2. The molecule has 0 radical (unpaired) electrons. The van der Waals surface area contributed by atoms with Crippen LogP contribution in [0.2, 0.25) is 0 Å². The summed E-state index contributed by atoms with van der Waals surface area (Å²) in [7, 11) is 4.09. The fourth-order valence-corrected chi connectivity index (χ4v) is 3.76. The zero-order valence-corrected chi connectivity index (χ0v) is 18.5. The van der Waals surface area contributed by atoms with Gasteiger partial charge in [0.1, 0.15) is 11.5 Å². The Hall–Kier alpha value is -3.19. The third kappa shape index (κ3) is 5.11. The third-order valence-corrected chi connectivity index (χ3v) is 5.18. The van der Waals surface area contributed by atoms with Crippen LogP contribution in [0.25, 0.3) is 5.76 Å². The molecule has 1 fully saturated rings. The molecule has 1 saturated heterocycles. The quantitative estimate of drug-likeness (QED) is 0.379. The molecule has 1 atom stereocenters. The van der Waals surface area contributed by atoms with E-state index in [1.807, 2.05) is 40.1 Å². The Kier molecular flexibility index (Phi) is 7.07. The van der Waals surface area contributed by atoms with Gasteiger partial charge in [-0.3, -0.25) is 9.59 Å². The number of pyridine rings is 1. The first-order chi connectivity index (χ1) is 14.8. The lowest BCUT2D eigenvalue weighted by atomic mass is 9.96. The van der Waals surface area contributed by atoms with Gasteiger partial charge in [-0.05, 0) is 43.7 Å². The number of ether oxygens (including phenoxy) is 1. The number of benzene rings is 1. The molecule has 3 N–H and O–H groups in total. The first-order valence-corrected chi connectivity index (χ1v) is 10.6. The van der Waals surface area contributed by atoms with Crippen molar-refractivity contribution in [1.29, 1.82) is 0 Å². The minimum absolute atomic E-state index is 0.0312. The highest BCUT2D eigenvalue weighted by atomic mass is 16.5. The number of aromatic nitrogens is 1.